The molecule has 2 heterocycles. The van der Waals surface area contributed by atoms with Crippen LogP contribution in [0, 0.1) is 0 Å². The lowest BCUT2D eigenvalue weighted by atomic mass is 10.3. The minimum absolute atomic E-state index is 0.208. The van der Waals surface area contributed by atoms with Crippen LogP contribution in [-0.2, 0) is 4.57 Å². The van der Waals surface area contributed by atoms with Gasteiger partial charge in [-0.25, -0.2) is 0 Å². The molecule has 2 aliphatic rings. The molecular formula is C14H10O5P+. The van der Waals surface area contributed by atoms with Gasteiger partial charge in [0.15, 0.2) is 33.6 Å². The summed E-state index contributed by atoms with van der Waals surface area (Å²) in [5, 5.41) is 1.39. The van der Waals surface area contributed by atoms with E-state index in [1.807, 2.05) is 0 Å². The van der Waals surface area contributed by atoms with Gasteiger partial charge >= 0.3 is 7.80 Å². The zero-order chi connectivity index (χ0) is 13.5. The molecule has 0 aromatic heterocycles. The Kier molecular flexibility index (Phi) is 2.54. The summed E-state index contributed by atoms with van der Waals surface area (Å²) in [6, 6.07) is 10.6. The zero-order valence-electron chi connectivity index (χ0n) is 10.4. The van der Waals surface area contributed by atoms with Gasteiger partial charge in [-0.3, -0.25) is 0 Å². The van der Waals surface area contributed by atoms with Crippen molar-refractivity contribution in [3.63, 3.8) is 0 Å². The first-order valence-corrected chi connectivity index (χ1v) is 7.34. The molecule has 6 heteroatoms. The molecule has 0 amide bonds. The number of benzene rings is 2. The van der Waals surface area contributed by atoms with Crippen LogP contribution in [0.2, 0.25) is 0 Å². The summed E-state index contributed by atoms with van der Waals surface area (Å²) in [6.45, 7) is 0.416. The molecule has 0 saturated carbocycles. The van der Waals surface area contributed by atoms with Crippen LogP contribution in [0.3, 0.4) is 0 Å². The van der Waals surface area contributed by atoms with Gasteiger partial charge in [-0.2, -0.15) is 0 Å². The molecule has 4 rings (SSSR count). The fourth-order valence-corrected chi connectivity index (χ4v) is 3.36. The van der Waals surface area contributed by atoms with E-state index >= 15 is 0 Å². The number of rotatable bonds is 2. The molecule has 0 radical (unpaired) electrons. The van der Waals surface area contributed by atoms with Crippen LogP contribution in [0.25, 0.3) is 0 Å². The Balaban J connectivity index is 1.70. The van der Waals surface area contributed by atoms with E-state index in [0.29, 0.717) is 33.6 Å². The number of hydrogen-bond acceptors (Lipinski definition) is 5. The molecule has 0 unspecified atom stereocenters. The Hall–Kier alpha value is -2.26. The zero-order valence-corrected chi connectivity index (χ0v) is 11.3. The first-order valence-electron chi connectivity index (χ1n) is 6.08. The standard InChI is InChI=1S/C14H10O5P/c15-20(9-1-3-11-13(5-9)18-7-16-11)10-2-4-12-14(6-10)19-8-17-12/h1-6H,7-8H2/q+1. The van der Waals surface area contributed by atoms with Crippen LogP contribution < -0.4 is 29.6 Å². The SMILES string of the molecule is O=[P+](c1ccc2c(c1)OCO2)c1ccc2c(c1)OCO2. The van der Waals surface area contributed by atoms with Gasteiger partial charge in [-0.15, -0.1) is 0 Å². The minimum Gasteiger partial charge on any atom is -0.454 e. The summed E-state index contributed by atoms with van der Waals surface area (Å²) in [6.07, 6.45) is 0. The summed E-state index contributed by atoms with van der Waals surface area (Å²) in [5.74, 6) is 2.63. The summed E-state index contributed by atoms with van der Waals surface area (Å²) >= 11 is 0. The summed E-state index contributed by atoms with van der Waals surface area (Å²) in [7, 11) is -1.70. The van der Waals surface area contributed by atoms with E-state index in [-0.39, 0.29) is 13.6 Å². The summed E-state index contributed by atoms with van der Waals surface area (Å²) in [5.41, 5.74) is 0. The lowest BCUT2D eigenvalue weighted by molar-refractivity contribution is 0.173. The van der Waals surface area contributed by atoms with Gasteiger partial charge in [0.25, 0.3) is 0 Å². The highest BCUT2D eigenvalue weighted by molar-refractivity contribution is 7.61. The molecule has 0 aliphatic carbocycles. The predicted molar refractivity (Wildman–Crippen MR) is 72.0 cm³/mol. The van der Waals surface area contributed by atoms with E-state index in [9.17, 15) is 4.57 Å². The van der Waals surface area contributed by atoms with E-state index < -0.39 is 7.80 Å². The Morgan fingerprint density at radius 1 is 0.700 bits per heavy atom. The van der Waals surface area contributed by atoms with Crippen molar-refractivity contribution in [1.29, 1.82) is 0 Å². The molecule has 2 aromatic carbocycles. The van der Waals surface area contributed by atoms with Crippen LogP contribution in [-0.4, -0.2) is 13.6 Å². The molecule has 0 fully saturated rings. The molecular weight excluding hydrogens is 279 g/mol. The smallest absolute Gasteiger partial charge is 0.415 e. The third kappa shape index (κ3) is 1.79. The van der Waals surface area contributed by atoms with Crippen molar-refractivity contribution in [3.8, 4) is 23.0 Å². The van der Waals surface area contributed by atoms with Crippen LogP contribution in [0.1, 0.15) is 0 Å². The van der Waals surface area contributed by atoms with Crippen molar-refractivity contribution in [2.45, 2.75) is 0 Å². The molecule has 0 bridgehead atoms. The maximum absolute atomic E-state index is 12.6. The highest BCUT2D eigenvalue weighted by Crippen LogP contribution is 2.36. The van der Waals surface area contributed by atoms with Gasteiger partial charge in [-0.1, -0.05) is 4.57 Å². The molecule has 0 N–H and O–H groups in total. The van der Waals surface area contributed by atoms with Gasteiger partial charge in [0.2, 0.25) is 13.6 Å². The Labute approximate surface area is 115 Å². The fourth-order valence-electron chi connectivity index (χ4n) is 2.17. The summed E-state index contributed by atoms with van der Waals surface area (Å²) in [4.78, 5) is 0. The van der Waals surface area contributed by atoms with E-state index in [4.69, 9.17) is 18.9 Å². The van der Waals surface area contributed by atoms with Crippen molar-refractivity contribution >= 4 is 18.4 Å². The average Bonchev–Trinajstić information content (AvgIpc) is 3.13. The number of fused-ring (bicyclic) bond motifs is 2. The highest BCUT2D eigenvalue weighted by Gasteiger charge is 2.29. The van der Waals surface area contributed by atoms with Crippen molar-refractivity contribution in [2.75, 3.05) is 13.6 Å². The van der Waals surface area contributed by atoms with Crippen molar-refractivity contribution in [1.82, 2.24) is 0 Å². The minimum atomic E-state index is -1.70. The van der Waals surface area contributed by atoms with Crippen LogP contribution in [0.15, 0.2) is 36.4 Å². The first kappa shape index (κ1) is 11.6. The maximum Gasteiger partial charge on any atom is 0.415 e. The molecule has 2 aliphatic heterocycles. The van der Waals surface area contributed by atoms with E-state index in [1.54, 1.807) is 36.4 Å². The largest absolute Gasteiger partial charge is 0.454 e. The Morgan fingerprint density at radius 3 is 1.65 bits per heavy atom. The molecule has 2 aromatic rings. The Bertz CT molecular complexity index is 653. The van der Waals surface area contributed by atoms with Crippen molar-refractivity contribution in [3.05, 3.63) is 36.4 Å². The molecule has 0 atom stereocenters. The second kappa shape index (κ2) is 4.39. The third-order valence-corrected chi connectivity index (χ3v) is 4.68. The van der Waals surface area contributed by atoms with Crippen molar-refractivity contribution < 1.29 is 23.5 Å². The van der Waals surface area contributed by atoms with Gasteiger partial charge in [0, 0.05) is 12.1 Å². The van der Waals surface area contributed by atoms with Crippen LogP contribution in [0.5, 0.6) is 23.0 Å². The topological polar surface area (TPSA) is 54.0 Å². The molecule has 100 valence electrons. The first-order chi connectivity index (χ1) is 9.81. The normalized spacial score (nSPS) is 14.4. The Morgan fingerprint density at radius 2 is 1.15 bits per heavy atom. The lowest BCUT2D eigenvalue weighted by Gasteiger charge is -1.96. The average molecular weight is 289 g/mol. The second-order valence-electron chi connectivity index (χ2n) is 4.37. The van der Waals surface area contributed by atoms with E-state index in [1.165, 1.54) is 0 Å². The molecule has 0 saturated heterocycles. The van der Waals surface area contributed by atoms with E-state index in [2.05, 4.69) is 0 Å². The van der Waals surface area contributed by atoms with E-state index in [0.717, 1.165) is 0 Å². The highest BCUT2D eigenvalue weighted by atomic mass is 31.1. The number of hydrogen-bond donors (Lipinski definition) is 0. The second-order valence-corrected chi connectivity index (χ2v) is 5.99. The predicted octanol–water partition coefficient (Wildman–Crippen LogP) is 1.92. The third-order valence-electron chi connectivity index (χ3n) is 3.18. The van der Waals surface area contributed by atoms with Crippen molar-refractivity contribution in [2.24, 2.45) is 0 Å². The molecule has 20 heavy (non-hydrogen) atoms. The van der Waals surface area contributed by atoms with Crippen LogP contribution >= 0.6 is 7.80 Å². The van der Waals surface area contributed by atoms with Crippen LogP contribution in [0.4, 0.5) is 0 Å². The molecule has 0 spiro atoms. The van der Waals surface area contributed by atoms with Gasteiger partial charge in [-0.05, 0) is 24.3 Å². The fraction of sp³-hybridized carbons (Fsp3) is 0.143. The maximum atomic E-state index is 12.6. The summed E-state index contributed by atoms with van der Waals surface area (Å²) < 4.78 is 33.7. The van der Waals surface area contributed by atoms with Gasteiger partial charge in [0.1, 0.15) is 0 Å². The lowest BCUT2D eigenvalue weighted by Crippen LogP contribution is -2.06. The van der Waals surface area contributed by atoms with Gasteiger partial charge < -0.3 is 18.9 Å². The van der Waals surface area contributed by atoms with Gasteiger partial charge in [0.05, 0.1) is 0 Å². The quantitative estimate of drug-likeness (QED) is 0.791. The number of ether oxygens (including phenoxy) is 4. The molecule has 5 nitrogen and oxygen atoms in total. The monoisotopic (exact) mass is 289 g/mol.